The van der Waals surface area contributed by atoms with Crippen LogP contribution >= 0.6 is 11.8 Å². The van der Waals surface area contributed by atoms with E-state index in [9.17, 15) is 19.2 Å². The van der Waals surface area contributed by atoms with Crippen LogP contribution in [0.3, 0.4) is 0 Å². The highest BCUT2D eigenvalue weighted by atomic mass is 32.2. The van der Waals surface area contributed by atoms with Gasteiger partial charge in [0.05, 0.1) is 10.6 Å². The van der Waals surface area contributed by atoms with Crippen molar-refractivity contribution in [2.75, 3.05) is 11.1 Å². The molecule has 0 unspecified atom stereocenters. The van der Waals surface area contributed by atoms with Crippen molar-refractivity contribution in [2.24, 2.45) is 0 Å². The zero-order chi connectivity index (χ0) is 19.8. The molecule has 1 aromatic carbocycles. The van der Waals surface area contributed by atoms with E-state index in [0.717, 1.165) is 0 Å². The van der Waals surface area contributed by atoms with Gasteiger partial charge in [-0.2, -0.15) is 0 Å². The predicted molar refractivity (Wildman–Crippen MR) is 101 cm³/mol. The fourth-order valence-electron chi connectivity index (χ4n) is 3.43. The van der Waals surface area contributed by atoms with Crippen LogP contribution < -0.4 is 5.32 Å². The lowest BCUT2D eigenvalue weighted by atomic mass is 10.1. The van der Waals surface area contributed by atoms with Gasteiger partial charge in [0.15, 0.2) is 11.9 Å². The van der Waals surface area contributed by atoms with Crippen LogP contribution in [0, 0.1) is 0 Å². The van der Waals surface area contributed by atoms with E-state index < -0.39 is 24.0 Å². The SMILES string of the molecule is CC(=O)c1ccccc1NC(=O)[C@H](C)OC(=O)[C@@H]1CS[C@@]2(C)CCC(=O)N12. The zero-order valence-electron chi connectivity index (χ0n) is 15.5. The number of carbonyl (C=O) groups excluding carboxylic acids is 4. The van der Waals surface area contributed by atoms with Crippen LogP contribution in [0.25, 0.3) is 0 Å². The number of hydrogen-bond acceptors (Lipinski definition) is 6. The Kier molecular flexibility index (Phi) is 5.28. The number of Topliss-reactive ketones (excluding diaryl/α,β-unsaturated/α-hetero) is 1. The molecule has 27 heavy (non-hydrogen) atoms. The molecule has 8 heteroatoms. The molecule has 2 aliphatic heterocycles. The highest BCUT2D eigenvalue weighted by Gasteiger charge is 2.53. The molecule has 1 N–H and O–H groups in total. The quantitative estimate of drug-likeness (QED) is 0.612. The van der Waals surface area contributed by atoms with Crippen molar-refractivity contribution in [2.45, 2.75) is 50.6 Å². The molecule has 2 aliphatic rings. The summed E-state index contributed by atoms with van der Waals surface area (Å²) in [5, 5.41) is 2.63. The zero-order valence-corrected chi connectivity index (χ0v) is 16.3. The maximum atomic E-state index is 12.6. The number of ether oxygens (including phenoxy) is 1. The van der Waals surface area contributed by atoms with Crippen molar-refractivity contribution < 1.29 is 23.9 Å². The van der Waals surface area contributed by atoms with Crippen molar-refractivity contribution >= 4 is 41.0 Å². The Morgan fingerprint density at radius 2 is 2.04 bits per heavy atom. The number of rotatable bonds is 5. The minimum atomic E-state index is -1.05. The molecule has 3 atom stereocenters. The number of fused-ring (bicyclic) bond motifs is 1. The summed E-state index contributed by atoms with van der Waals surface area (Å²) in [5.74, 6) is -0.882. The van der Waals surface area contributed by atoms with Gasteiger partial charge in [0, 0.05) is 17.7 Å². The smallest absolute Gasteiger partial charge is 0.330 e. The molecule has 144 valence electrons. The van der Waals surface area contributed by atoms with Gasteiger partial charge >= 0.3 is 5.97 Å². The van der Waals surface area contributed by atoms with E-state index in [2.05, 4.69) is 5.32 Å². The first-order valence-electron chi connectivity index (χ1n) is 8.80. The third kappa shape index (κ3) is 3.71. The molecular weight excluding hydrogens is 368 g/mol. The van der Waals surface area contributed by atoms with Crippen LogP contribution in [-0.2, 0) is 19.1 Å². The first-order chi connectivity index (χ1) is 12.7. The summed E-state index contributed by atoms with van der Waals surface area (Å²) < 4.78 is 5.33. The van der Waals surface area contributed by atoms with E-state index in [0.29, 0.717) is 29.8 Å². The Bertz CT molecular complexity index is 811. The van der Waals surface area contributed by atoms with Crippen LogP contribution in [-0.4, -0.2) is 51.2 Å². The van der Waals surface area contributed by atoms with Crippen molar-refractivity contribution in [3.8, 4) is 0 Å². The normalized spacial score (nSPS) is 25.1. The lowest BCUT2D eigenvalue weighted by Gasteiger charge is -2.29. The molecule has 0 bridgehead atoms. The highest BCUT2D eigenvalue weighted by Crippen LogP contribution is 2.47. The lowest BCUT2D eigenvalue weighted by Crippen LogP contribution is -2.48. The van der Waals surface area contributed by atoms with Gasteiger partial charge in [-0.25, -0.2) is 4.79 Å². The average Bonchev–Trinajstić information content (AvgIpc) is 3.11. The molecule has 1 aromatic rings. The highest BCUT2D eigenvalue weighted by molar-refractivity contribution is 8.01. The number of nitrogens with zero attached hydrogens (tertiary/aromatic N) is 1. The van der Waals surface area contributed by atoms with E-state index in [1.54, 1.807) is 40.9 Å². The van der Waals surface area contributed by atoms with E-state index in [1.165, 1.54) is 13.8 Å². The largest absolute Gasteiger partial charge is 0.451 e. The minimum absolute atomic E-state index is 0.0584. The summed E-state index contributed by atoms with van der Waals surface area (Å²) >= 11 is 1.56. The number of nitrogens with one attached hydrogen (secondary N) is 1. The number of ketones is 1. The summed E-state index contributed by atoms with van der Waals surface area (Å²) in [6, 6.07) is 5.97. The molecule has 0 radical (unpaired) electrons. The third-order valence-corrected chi connectivity index (χ3v) is 6.45. The molecule has 2 heterocycles. The second kappa shape index (κ2) is 7.34. The average molecular weight is 390 g/mol. The van der Waals surface area contributed by atoms with Gasteiger partial charge in [0.1, 0.15) is 6.04 Å². The molecule has 0 aromatic heterocycles. The maximum Gasteiger partial charge on any atom is 0.330 e. The Labute approximate surface area is 161 Å². The first-order valence-corrected chi connectivity index (χ1v) is 9.79. The Balaban J connectivity index is 1.64. The van der Waals surface area contributed by atoms with E-state index in [4.69, 9.17) is 4.74 Å². The van der Waals surface area contributed by atoms with Gasteiger partial charge in [0.25, 0.3) is 5.91 Å². The van der Waals surface area contributed by atoms with E-state index >= 15 is 0 Å². The van der Waals surface area contributed by atoms with Gasteiger partial charge in [-0.3, -0.25) is 14.4 Å². The van der Waals surface area contributed by atoms with Crippen LogP contribution in [0.15, 0.2) is 24.3 Å². The third-order valence-electron chi connectivity index (χ3n) is 4.94. The van der Waals surface area contributed by atoms with Gasteiger partial charge in [0.2, 0.25) is 5.91 Å². The number of benzene rings is 1. The molecule has 0 spiro atoms. The van der Waals surface area contributed by atoms with Crippen LogP contribution in [0.4, 0.5) is 5.69 Å². The molecule has 0 saturated carbocycles. The summed E-state index contributed by atoms with van der Waals surface area (Å²) in [5.41, 5.74) is 0.756. The Morgan fingerprint density at radius 1 is 1.33 bits per heavy atom. The number of amides is 2. The first kappa shape index (κ1) is 19.4. The second-order valence-electron chi connectivity index (χ2n) is 6.94. The van der Waals surface area contributed by atoms with Crippen molar-refractivity contribution in [1.82, 2.24) is 4.90 Å². The lowest BCUT2D eigenvalue weighted by molar-refractivity contribution is -0.160. The van der Waals surface area contributed by atoms with Crippen LogP contribution in [0.2, 0.25) is 0 Å². The van der Waals surface area contributed by atoms with E-state index in [-0.39, 0.29) is 16.6 Å². The van der Waals surface area contributed by atoms with Gasteiger partial charge in [-0.05, 0) is 39.3 Å². The standard InChI is InChI=1S/C19H22N2O5S/c1-11(22)13-6-4-5-7-14(13)20-17(24)12(2)26-18(25)15-10-27-19(3)9-8-16(23)21(15)19/h4-7,12,15H,8-10H2,1-3H3,(H,20,24)/t12-,15-,19-/m0/s1. The van der Waals surface area contributed by atoms with Crippen LogP contribution in [0.1, 0.15) is 44.0 Å². The number of esters is 1. The summed E-state index contributed by atoms with van der Waals surface area (Å²) in [6.45, 7) is 4.83. The Morgan fingerprint density at radius 3 is 2.74 bits per heavy atom. The topological polar surface area (TPSA) is 92.8 Å². The predicted octanol–water partition coefficient (Wildman–Crippen LogP) is 2.21. The molecular formula is C19H22N2O5S. The number of hydrogen-bond donors (Lipinski definition) is 1. The van der Waals surface area contributed by atoms with Gasteiger partial charge < -0.3 is 15.0 Å². The van der Waals surface area contributed by atoms with E-state index in [1.807, 2.05) is 6.92 Å². The molecule has 3 rings (SSSR count). The monoisotopic (exact) mass is 390 g/mol. The molecule has 2 saturated heterocycles. The minimum Gasteiger partial charge on any atom is -0.451 e. The molecule has 2 fully saturated rings. The number of thioether (sulfide) groups is 1. The fraction of sp³-hybridized carbons (Fsp3) is 0.474. The van der Waals surface area contributed by atoms with Gasteiger partial charge in [-0.15, -0.1) is 11.8 Å². The molecule has 7 nitrogen and oxygen atoms in total. The number of carbonyl (C=O) groups is 4. The maximum absolute atomic E-state index is 12.6. The van der Waals surface area contributed by atoms with Crippen molar-refractivity contribution in [1.29, 1.82) is 0 Å². The second-order valence-corrected chi connectivity index (χ2v) is 8.44. The van der Waals surface area contributed by atoms with Gasteiger partial charge in [-0.1, -0.05) is 12.1 Å². The molecule has 2 amide bonds. The number of anilines is 1. The fourth-order valence-corrected chi connectivity index (χ4v) is 4.85. The summed E-state index contributed by atoms with van der Waals surface area (Å²) in [7, 11) is 0. The van der Waals surface area contributed by atoms with Crippen molar-refractivity contribution in [3.05, 3.63) is 29.8 Å². The summed E-state index contributed by atoms with van der Waals surface area (Å²) in [4.78, 5) is 50.0. The molecule has 0 aliphatic carbocycles. The van der Waals surface area contributed by atoms with Crippen LogP contribution in [0.5, 0.6) is 0 Å². The van der Waals surface area contributed by atoms with Crippen molar-refractivity contribution in [3.63, 3.8) is 0 Å². The number of para-hydroxylation sites is 1. The summed E-state index contributed by atoms with van der Waals surface area (Å²) in [6.07, 6.45) is 0.0793. The Hall–Kier alpha value is -2.35.